The standard InChI is InChI=1S/C9H9F.BrH/c1-2-3-8-4-6-9(10)7-5-8;/h2,4-7H,1,3H2;1H. The molecule has 0 heterocycles. The minimum Gasteiger partial charge on any atom is -0.207 e. The monoisotopic (exact) mass is 216 g/mol. The minimum atomic E-state index is -0.187. The fraction of sp³-hybridized carbons (Fsp3) is 0.111. The van der Waals surface area contributed by atoms with Crippen LogP contribution in [0.15, 0.2) is 36.9 Å². The van der Waals surface area contributed by atoms with E-state index in [0.29, 0.717) is 0 Å². The van der Waals surface area contributed by atoms with Crippen molar-refractivity contribution in [3.8, 4) is 0 Å². The van der Waals surface area contributed by atoms with Gasteiger partial charge in [-0.3, -0.25) is 0 Å². The Morgan fingerprint density at radius 2 is 1.82 bits per heavy atom. The van der Waals surface area contributed by atoms with Crippen LogP contribution in [0.1, 0.15) is 5.56 Å². The predicted octanol–water partition coefficient (Wildman–Crippen LogP) is 3.13. The first kappa shape index (κ1) is 10.4. The maximum atomic E-state index is 12.3. The van der Waals surface area contributed by atoms with Gasteiger partial charge >= 0.3 is 0 Å². The molecule has 11 heavy (non-hydrogen) atoms. The van der Waals surface area contributed by atoms with Crippen molar-refractivity contribution in [2.24, 2.45) is 0 Å². The highest BCUT2D eigenvalue weighted by molar-refractivity contribution is 8.93. The lowest BCUT2D eigenvalue weighted by Crippen LogP contribution is -1.79. The molecule has 1 aromatic rings. The first-order chi connectivity index (χ1) is 4.83. The zero-order chi connectivity index (χ0) is 7.40. The van der Waals surface area contributed by atoms with Crippen LogP contribution in [0.25, 0.3) is 0 Å². The first-order valence-corrected chi connectivity index (χ1v) is 3.18. The molecule has 60 valence electrons. The Morgan fingerprint density at radius 3 is 2.27 bits per heavy atom. The Labute approximate surface area is 76.5 Å². The van der Waals surface area contributed by atoms with Crippen LogP contribution in [-0.2, 0) is 6.42 Å². The van der Waals surface area contributed by atoms with E-state index in [2.05, 4.69) is 6.58 Å². The van der Waals surface area contributed by atoms with Crippen molar-refractivity contribution in [1.29, 1.82) is 0 Å². The van der Waals surface area contributed by atoms with Crippen LogP contribution in [0.3, 0.4) is 0 Å². The van der Waals surface area contributed by atoms with E-state index in [1.807, 2.05) is 0 Å². The number of halogens is 2. The lowest BCUT2D eigenvalue weighted by atomic mass is 10.1. The number of hydrogen-bond acceptors (Lipinski definition) is 0. The van der Waals surface area contributed by atoms with Gasteiger partial charge in [0.25, 0.3) is 0 Å². The topological polar surface area (TPSA) is 0 Å². The Kier molecular flexibility index (Phi) is 4.79. The van der Waals surface area contributed by atoms with E-state index in [-0.39, 0.29) is 22.8 Å². The molecule has 0 aromatic heterocycles. The quantitative estimate of drug-likeness (QED) is 0.667. The van der Waals surface area contributed by atoms with Crippen molar-refractivity contribution in [3.63, 3.8) is 0 Å². The molecule has 0 spiro atoms. The molecule has 0 nitrogen and oxygen atoms in total. The second kappa shape index (κ2) is 5.08. The van der Waals surface area contributed by atoms with Crippen LogP contribution in [0.4, 0.5) is 4.39 Å². The summed E-state index contributed by atoms with van der Waals surface area (Å²) in [6.45, 7) is 3.58. The van der Waals surface area contributed by atoms with Crippen LogP contribution in [0, 0.1) is 5.82 Å². The van der Waals surface area contributed by atoms with E-state index < -0.39 is 0 Å². The Bertz CT molecular complexity index is 216. The zero-order valence-electron chi connectivity index (χ0n) is 6.09. The second-order valence-electron chi connectivity index (χ2n) is 2.12. The molecule has 0 aliphatic rings. The number of benzene rings is 1. The summed E-state index contributed by atoms with van der Waals surface area (Å²) >= 11 is 0. The molecule has 0 aliphatic heterocycles. The van der Waals surface area contributed by atoms with Crippen molar-refractivity contribution >= 4 is 17.0 Å². The summed E-state index contributed by atoms with van der Waals surface area (Å²) in [6.07, 6.45) is 2.60. The van der Waals surface area contributed by atoms with Gasteiger partial charge in [0, 0.05) is 0 Å². The third kappa shape index (κ3) is 3.33. The summed E-state index contributed by atoms with van der Waals surface area (Å²) in [5.41, 5.74) is 1.09. The van der Waals surface area contributed by atoms with E-state index in [1.165, 1.54) is 12.1 Å². The SMILES string of the molecule is Br.C=CCc1ccc(F)cc1. The van der Waals surface area contributed by atoms with Gasteiger partial charge in [-0.05, 0) is 24.1 Å². The van der Waals surface area contributed by atoms with E-state index in [0.717, 1.165) is 12.0 Å². The lowest BCUT2D eigenvalue weighted by Gasteiger charge is -1.93. The fourth-order valence-corrected chi connectivity index (χ4v) is 0.787. The fourth-order valence-electron chi connectivity index (χ4n) is 0.787. The molecule has 0 unspecified atom stereocenters. The molecule has 0 bridgehead atoms. The Morgan fingerprint density at radius 1 is 1.27 bits per heavy atom. The highest BCUT2D eigenvalue weighted by Gasteiger charge is 1.88. The second-order valence-corrected chi connectivity index (χ2v) is 2.12. The van der Waals surface area contributed by atoms with Gasteiger partial charge in [0.05, 0.1) is 0 Å². The average Bonchev–Trinajstić information content (AvgIpc) is 1.95. The molecule has 0 fully saturated rings. The van der Waals surface area contributed by atoms with Crippen molar-refractivity contribution in [2.75, 3.05) is 0 Å². The van der Waals surface area contributed by atoms with Gasteiger partial charge in [0.1, 0.15) is 5.82 Å². The van der Waals surface area contributed by atoms with Crippen LogP contribution in [0.5, 0.6) is 0 Å². The number of rotatable bonds is 2. The largest absolute Gasteiger partial charge is 0.207 e. The summed E-state index contributed by atoms with van der Waals surface area (Å²) < 4.78 is 12.3. The highest BCUT2D eigenvalue weighted by Crippen LogP contribution is 2.02. The molecule has 0 radical (unpaired) electrons. The third-order valence-electron chi connectivity index (χ3n) is 1.29. The summed E-state index contributed by atoms with van der Waals surface area (Å²) in [5, 5.41) is 0. The van der Waals surface area contributed by atoms with Gasteiger partial charge in [-0.15, -0.1) is 23.6 Å². The summed E-state index contributed by atoms with van der Waals surface area (Å²) in [6, 6.07) is 6.44. The number of allylic oxidation sites excluding steroid dienone is 1. The Balaban J connectivity index is 0.000001000. The van der Waals surface area contributed by atoms with E-state index in [9.17, 15) is 4.39 Å². The molecule has 1 rings (SSSR count). The molecule has 0 amide bonds. The van der Waals surface area contributed by atoms with Crippen LogP contribution in [0.2, 0.25) is 0 Å². The van der Waals surface area contributed by atoms with Crippen molar-refractivity contribution < 1.29 is 4.39 Å². The van der Waals surface area contributed by atoms with Gasteiger partial charge in [0.2, 0.25) is 0 Å². The van der Waals surface area contributed by atoms with Gasteiger partial charge in [0.15, 0.2) is 0 Å². The van der Waals surface area contributed by atoms with Crippen LogP contribution < -0.4 is 0 Å². The molecular weight excluding hydrogens is 207 g/mol. The van der Waals surface area contributed by atoms with Gasteiger partial charge in [-0.1, -0.05) is 18.2 Å². The van der Waals surface area contributed by atoms with E-state index in [1.54, 1.807) is 18.2 Å². The minimum absolute atomic E-state index is 0. The molecular formula is C9H10BrF. The summed E-state index contributed by atoms with van der Waals surface area (Å²) in [4.78, 5) is 0. The molecule has 2 heteroatoms. The first-order valence-electron chi connectivity index (χ1n) is 3.18. The lowest BCUT2D eigenvalue weighted by molar-refractivity contribution is 0.627. The third-order valence-corrected chi connectivity index (χ3v) is 1.29. The maximum absolute atomic E-state index is 12.3. The van der Waals surface area contributed by atoms with Crippen molar-refractivity contribution in [2.45, 2.75) is 6.42 Å². The van der Waals surface area contributed by atoms with Gasteiger partial charge in [-0.2, -0.15) is 0 Å². The average molecular weight is 217 g/mol. The van der Waals surface area contributed by atoms with Gasteiger partial charge in [-0.25, -0.2) is 4.39 Å². The van der Waals surface area contributed by atoms with Gasteiger partial charge < -0.3 is 0 Å². The zero-order valence-corrected chi connectivity index (χ0v) is 7.80. The highest BCUT2D eigenvalue weighted by atomic mass is 79.9. The molecule has 1 aromatic carbocycles. The van der Waals surface area contributed by atoms with Crippen molar-refractivity contribution in [1.82, 2.24) is 0 Å². The number of hydrogen-bond donors (Lipinski definition) is 0. The maximum Gasteiger partial charge on any atom is 0.123 e. The Hall–Kier alpha value is -0.630. The van der Waals surface area contributed by atoms with E-state index in [4.69, 9.17) is 0 Å². The predicted molar refractivity (Wildman–Crippen MR) is 50.6 cm³/mol. The molecule has 0 aliphatic carbocycles. The van der Waals surface area contributed by atoms with Crippen LogP contribution >= 0.6 is 17.0 Å². The molecule has 0 atom stereocenters. The molecule has 0 saturated carbocycles. The summed E-state index contributed by atoms with van der Waals surface area (Å²) in [5.74, 6) is -0.187. The normalized spacial score (nSPS) is 8.45. The molecule has 0 saturated heterocycles. The van der Waals surface area contributed by atoms with E-state index >= 15 is 0 Å². The summed E-state index contributed by atoms with van der Waals surface area (Å²) in [7, 11) is 0. The van der Waals surface area contributed by atoms with Crippen molar-refractivity contribution in [3.05, 3.63) is 48.3 Å². The molecule has 0 N–H and O–H groups in total. The van der Waals surface area contributed by atoms with Crippen LogP contribution in [-0.4, -0.2) is 0 Å². The smallest absolute Gasteiger partial charge is 0.123 e.